The third-order valence-electron chi connectivity index (χ3n) is 5.19. The van der Waals surface area contributed by atoms with Gasteiger partial charge in [-0.15, -0.1) is 0 Å². The fourth-order valence-corrected chi connectivity index (χ4v) is 3.38. The second-order valence-corrected chi connectivity index (χ2v) is 7.74. The van der Waals surface area contributed by atoms with Gasteiger partial charge in [0.25, 0.3) is 0 Å². The predicted molar refractivity (Wildman–Crippen MR) is 117 cm³/mol. The molecular formula is C24H41NO3. The van der Waals surface area contributed by atoms with Crippen LogP contribution in [-0.4, -0.2) is 17.8 Å². The minimum absolute atomic E-state index is 0.160. The van der Waals surface area contributed by atoms with Crippen LogP contribution in [0.3, 0.4) is 0 Å². The Kier molecular flexibility index (Phi) is 15.6. The second-order valence-electron chi connectivity index (χ2n) is 7.74. The number of hydrogen-bond acceptors (Lipinski definition) is 4. The Morgan fingerprint density at radius 3 is 1.68 bits per heavy atom. The topological polar surface area (TPSA) is 62.5 Å². The summed E-state index contributed by atoms with van der Waals surface area (Å²) in [4.78, 5) is 4.10. The van der Waals surface area contributed by atoms with Crippen molar-refractivity contribution in [2.45, 2.75) is 103 Å². The molecule has 0 aliphatic rings. The van der Waals surface area contributed by atoms with Gasteiger partial charge in [-0.2, -0.15) is 0 Å². The molecule has 160 valence electrons. The molecule has 0 aliphatic carbocycles. The zero-order chi connectivity index (χ0) is 20.3. The summed E-state index contributed by atoms with van der Waals surface area (Å²) in [7, 11) is 0. The van der Waals surface area contributed by atoms with Crippen LogP contribution in [0.15, 0.2) is 24.3 Å². The smallest absolute Gasteiger partial charge is 0.213 e. The maximum atomic E-state index is 8.43. The Morgan fingerprint density at radius 2 is 1.21 bits per heavy atom. The van der Waals surface area contributed by atoms with Crippen LogP contribution < -0.4 is 0 Å². The third-order valence-corrected chi connectivity index (χ3v) is 5.19. The van der Waals surface area contributed by atoms with E-state index in [1.807, 2.05) is 24.3 Å². The summed E-state index contributed by atoms with van der Waals surface area (Å²) in [6.45, 7) is 3.04. The number of ether oxygens (including phenoxy) is 1. The van der Waals surface area contributed by atoms with E-state index in [1.54, 1.807) is 0 Å². The van der Waals surface area contributed by atoms with Gasteiger partial charge in [0.05, 0.1) is 6.61 Å². The van der Waals surface area contributed by atoms with E-state index in [0.717, 1.165) is 17.5 Å². The fraction of sp³-hybridized carbons (Fsp3) is 0.708. The van der Waals surface area contributed by atoms with E-state index in [-0.39, 0.29) is 12.5 Å². The van der Waals surface area contributed by atoms with Crippen molar-refractivity contribution in [1.82, 2.24) is 0 Å². The maximum Gasteiger partial charge on any atom is 0.213 e. The van der Waals surface area contributed by atoms with Crippen LogP contribution in [-0.2, 0) is 16.2 Å². The Morgan fingerprint density at radius 1 is 0.750 bits per heavy atom. The molecule has 0 spiro atoms. The van der Waals surface area contributed by atoms with Crippen molar-refractivity contribution in [2.24, 2.45) is 0 Å². The first-order valence-corrected chi connectivity index (χ1v) is 11.3. The van der Waals surface area contributed by atoms with E-state index in [1.165, 1.54) is 83.5 Å². The zero-order valence-electron chi connectivity index (χ0n) is 17.9. The van der Waals surface area contributed by atoms with Gasteiger partial charge < -0.3 is 4.74 Å². The van der Waals surface area contributed by atoms with Crippen molar-refractivity contribution >= 4 is 5.90 Å². The van der Waals surface area contributed by atoms with Crippen molar-refractivity contribution in [3.05, 3.63) is 35.4 Å². The predicted octanol–water partition coefficient (Wildman–Crippen LogP) is 7.50. The van der Waals surface area contributed by atoms with Crippen molar-refractivity contribution < 1.29 is 14.9 Å². The highest BCUT2D eigenvalue weighted by atomic mass is 17.1. The normalized spacial score (nSPS) is 10.9. The van der Waals surface area contributed by atoms with Gasteiger partial charge >= 0.3 is 0 Å². The number of nitrogens with one attached hydrogen (secondary N) is 1. The van der Waals surface area contributed by atoms with Crippen LogP contribution in [0.4, 0.5) is 0 Å². The minimum Gasteiger partial charge on any atom is -0.478 e. The first-order chi connectivity index (χ1) is 13.8. The second kappa shape index (κ2) is 17.7. The molecule has 0 unspecified atom stereocenters. The minimum atomic E-state index is 0.160. The molecule has 1 rings (SSSR count). The Balaban J connectivity index is 1.88. The lowest BCUT2D eigenvalue weighted by molar-refractivity contribution is -0.253. The molecule has 28 heavy (non-hydrogen) atoms. The number of benzene rings is 1. The molecule has 1 aromatic carbocycles. The Labute approximate surface area is 172 Å². The fourth-order valence-electron chi connectivity index (χ4n) is 3.38. The lowest BCUT2D eigenvalue weighted by Crippen LogP contribution is -2.06. The van der Waals surface area contributed by atoms with Gasteiger partial charge in [-0.05, 0) is 24.1 Å². The molecule has 0 aliphatic heterocycles. The van der Waals surface area contributed by atoms with E-state index in [0.29, 0.717) is 6.61 Å². The van der Waals surface area contributed by atoms with Gasteiger partial charge in [-0.1, -0.05) is 103 Å². The van der Waals surface area contributed by atoms with Crippen molar-refractivity contribution in [2.75, 3.05) is 6.61 Å². The van der Waals surface area contributed by atoms with Crippen LogP contribution in [0.2, 0.25) is 0 Å². The van der Waals surface area contributed by atoms with E-state index >= 15 is 0 Å². The summed E-state index contributed by atoms with van der Waals surface area (Å²) in [5.41, 5.74) is 1.62. The van der Waals surface area contributed by atoms with Crippen LogP contribution >= 0.6 is 0 Å². The monoisotopic (exact) mass is 391 g/mol. The number of hydrogen-bond donors (Lipinski definition) is 2. The van der Waals surface area contributed by atoms with Crippen molar-refractivity contribution in [3.63, 3.8) is 0 Å². The summed E-state index contributed by atoms with van der Waals surface area (Å²) in [5.74, 6) is 0.214. The Bertz CT molecular complexity index is 487. The first kappa shape index (κ1) is 24.6. The molecule has 0 amide bonds. The van der Waals surface area contributed by atoms with Gasteiger partial charge in [-0.25, -0.2) is 4.89 Å². The van der Waals surface area contributed by atoms with Gasteiger partial charge in [0.2, 0.25) is 5.90 Å². The molecule has 4 nitrogen and oxygen atoms in total. The molecule has 2 N–H and O–H groups in total. The van der Waals surface area contributed by atoms with E-state index in [4.69, 9.17) is 15.4 Å². The largest absolute Gasteiger partial charge is 0.478 e. The highest BCUT2D eigenvalue weighted by molar-refractivity contribution is 5.91. The molecule has 0 atom stereocenters. The van der Waals surface area contributed by atoms with E-state index in [2.05, 4.69) is 11.8 Å². The first-order valence-electron chi connectivity index (χ1n) is 11.3. The average Bonchev–Trinajstić information content (AvgIpc) is 2.71. The molecule has 0 heterocycles. The zero-order valence-corrected chi connectivity index (χ0v) is 17.9. The lowest BCUT2D eigenvalue weighted by atomic mass is 10.0. The average molecular weight is 392 g/mol. The van der Waals surface area contributed by atoms with Crippen LogP contribution in [0.25, 0.3) is 0 Å². The molecule has 0 saturated heterocycles. The molecule has 4 heteroatoms. The highest BCUT2D eigenvalue weighted by Gasteiger charge is 2.03. The molecule has 0 bridgehead atoms. The van der Waals surface area contributed by atoms with Crippen LogP contribution in [0.1, 0.15) is 108 Å². The third kappa shape index (κ3) is 12.9. The summed E-state index contributed by atoms with van der Waals surface area (Å²) >= 11 is 0. The SMILES string of the molecule is CCCCCCCCCCCCCCCCOC(=N)c1ccc(COO)cc1. The van der Waals surface area contributed by atoms with Crippen LogP contribution in [0.5, 0.6) is 0 Å². The quantitative estimate of drug-likeness (QED) is 0.0895. The van der Waals surface area contributed by atoms with Gasteiger partial charge in [0, 0.05) is 5.56 Å². The molecule has 0 saturated carbocycles. The molecule has 1 aromatic rings. The Hall–Kier alpha value is -1.39. The number of rotatable bonds is 18. The number of unbranched alkanes of at least 4 members (excludes halogenated alkanes) is 13. The molecular weight excluding hydrogens is 350 g/mol. The van der Waals surface area contributed by atoms with E-state index < -0.39 is 0 Å². The molecule has 0 aromatic heterocycles. The van der Waals surface area contributed by atoms with Gasteiger partial charge in [0.1, 0.15) is 6.61 Å². The standard InChI is InChI=1S/C24H41NO3/c1-2-3-4-5-6-7-8-9-10-11-12-13-14-15-20-27-24(25)23-18-16-22(17-19-23)21-28-26/h16-19,25-26H,2-15,20-21H2,1H3. The van der Waals surface area contributed by atoms with Crippen LogP contribution in [0, 0.1) is 5.41 Å². The molecule has 0 fully saturated rings. The summed E-state index contributed by atoms with van der Waals surface area (Å²) in [6.07, 6.45) is 18.8. The van der Waals surface area contributed by atoms with Crippen molar-refractivity contribution in [1.29, 1.82) is 5.41 Å². The van der Waals surface area contributed by atoms with Crippen molar-refractivity contribution in [3.8, 4) is 0 Å². The summed E-state index contributed by atoms with van der Waals surface area (Å²) in [6, 6.07) is 7.30. The molecule has 0 radical (unpaired) electrons. The maximum absolute atomic E-state index is 8.43. The van der Waals surface area contributed by atoms with Gasteiger partial charge in [0.15, 0.2) is 0 Å². The summed E-state index contributed by atoms with van der Waals surface area (Å²) < 4.78 is 5.54. The lowest BCUT2D eigenvalue weighted by Gasteiger charge is -2.08. The summed E-state index contributed by atoms with van der Waals surface area (Å²) in [5, 5.41) is 16.4. The highest BCUT2D eigenvalue weighted by Crippen LogP contribution is 2.13. The van der Waals surface area contributed by atoms with E-state index in [9.17, 15) is 0 Å². The van der Waals surface area contributed by atoms with Gasteiger partial charge in [-0.3, -0.25) is 10.7 Å².